The first-order chi connectivity index (χ1) is 12.0. The van der Waals surface area contributed by atoms with E-state index in [1.54, 1.807) is 17.4 Å². The normalized spacial score (nSPS) is 10.9. The van der Waals surface area contributed by atoms with Gasteiger partial charge < -0.3 is 9.88 Å². The van der Waals surface area contributed by atoms with E-state index < -0.39 is 0 Å². The number of thioether (sulfide) groups is 1. The molecule has 25 heavy (non-hydrogen) atoms. The van der Waals surface area contributed by atoms with Crippen molar-refractivity contribution in [3.05, 3.63) is 45.1 Å². The maximum Gasteiger partial charge on any atom is 0.234 e. The number of hydrogen-bond acceptors (Lipinski definition) is 5. The SMILES string of the molecule is Cc1cc(-c2nnc(SCC(=O)Nc3cccc(Cl)c3C)n2C)cs1. The lowest BCUT2D eigenvalue weighted by Gasteiger charge is -2.09. The third kappa shape index (κ3) is 4.05. The van der Waals surface area contributed by atoms with Crippen molar-refractivity contribution in [2.75, 3.05) is 11.1 Å². The van der Waals surface area contributed by atoms with Crippen LogP contribution in [0.3, 0.4) is 0 Å². The fourth-order valence-corrected chi connectivity index (χ4v) is 3.88. The van der Waals surface area contributed by atoms with Crippen molar-refractivity contribution in [1.29, 1.82) is 0 Å². The van der Waals surface area contributed by atoms with Gasteiger partial charge in [-0.3, -0.25) is 4.79 Å². The lowest BCUT2D eigenvalue weighted by atomic mass is 10.2. The highest BCUT2D eigenvalue weighted by molar-refractivity contribution is 7.99. The molecule has 1 N–H and O–H groups in total. The summed E-state index contributed by atoms with van der Waals surface area (Å²) in [5, 5.41) is 14.7. The van der Waals surface area contributed by atoms with E-state index >= 15 is 0 Å². The number of aromatic nitrogens is 3. The zero-order chi connectivity index (χ0) is 18.0. The van der Waals surface area contributed by atoms with Crippen LogP contribution >= 0.6 is 34.7 Å². The van der Waals surface area contributed by atoms with Gasteiger partial charge in [0.15, 0.2) is 11.0 Å². The van der Waals surface area contributed by atoms with E-state index in [1.807, 2.05) is 30.7 Å². The molecular weight excluding hydrogens is 376 g/mol. The third-order valence-corrected chi connectivity index (χ3v) is 5.99. The van der Waals surface area contributed by atoms with Crippen LogP contribution in [0.5, 0.6) is 0 Å². The number of carbonyl (C=O) groups excluding carboxylic acids is 1. The molecule has 0 aliphatic heterocycles. The predicted octanol–water partition coefficient (Wildman–Crippen LogP) is 4.54. The van der Waals surface area contributed by atoms with Gasteiger partial charge in [0, 0.05) is 33.6 Å². The highest BCUT2D eigenvalue weighted by Gasteiger charge is 2.14. The number of aryl methyl sites for hydroxylation is 1. The molecule has 0 aliphatic carbocycles. The molecule has 3 rings (SSSR count). The maximum atomic E-state index is 12.2. The molecule has 5 nitrogen and oxygen atoms in total. The Morgan fingerprint density at radius 2 is 2.16 bits per heavy atom. The van der Waals surface area contributed by atoms with E-state index in [4.69, 9.17) is 11.6 Å². The molecule has 0 fully saturated rings. The van der Waals surface area contributed by atoms with Gasteiger partial charge in [0.1, 0.15) is 0 Å². The second-order valence-corrected chi connectivity index (χ2v) is 8.03. The van der Waals surface area contributed by atoms with Crippen molar-refractivity contribution < 1.29 is 4.79 Å². The molecule has 0 radical (unpaired) electrons. The number of amides is 1. The molecule has 2 heterocycles. The summed E-state index contributed by atoms with van der Waals surface area (Å²) >= 11 is 9.11. The van der Waals surface area contributed by atoms with Crippen molar-refractivity contribution in [3.8, 4) is 11.4 Å². The molecule has 0 spiro atoms. The van der Waals surface area contributed by atoms with Crippen LogP contribution in [0.25, 0.3) is 11.4 Å². The van der Waals surface area contributed by atoms with Crippen LogP contribution in [-0.4, -0.2) is 26.4 Å². The zero-order valence-electron chi connectivity index (χ0n) is 14.0. The van der Waals surface area contributed by atoms with Gasteiger partial charge in [0.25, 0.3) is 0 Å². The van der Waals surface area contributed by atoms with Crippen LogP contribution < -0.4 is 5.32 Å². The second kappa shape index (κ2) is 7.59. The third-order valence-electron chi connectivity index (χ3n) is 3.70. The van der Waals surface area contributed by atoms with E-state index in [2.05, 4.69) is 33.9 Å². The predicted molar refractivity (Wildman–Crippen MR) is 105 cm³/mol. The molecule has 0 unspecified atom stereocenters. The number of benzene rings is 1. The number of anilines is 1. The highest BCUT2D eigenvalue weighted by atomic mass is 35.5. The number of nitrogens with zero attached hydrogens (tertiary/aromatic N) is 3. The van der Waals surface area contributed by atoms with E-state index in [0.717, 1.165) is 22.6 Å². The summed E-state index contributed by atoms with van der Waals surface area (Å²) in [7, 11) is 1.91. The smallest absolute Gasteiger partial charge is 0.234 e. The van der Waals surface area contributed by atoms with Crippen LogP contribution in [0, 0.1) is 13.8 Å². The summed E-state index contributed by atoms with van der Waals surface area (Å²) in [5.74, 6) is 0.949. The van der Waals surface area contributed by atoms with Gasteiger partial charge in [-0.25, -0.2) is 0 Å². The Hall–Kier alpha value is -1.83. The Kier molecular flexibility index (Phi) is 5.46. The summed E-state index contributed by atoms with van der Waals surface area (Å²) in [6, 6.07) is 7.53. The number of rotatable bonds is 5. The molecule has 0 saturated carbocycles. The summed E-state index contributed by atoms with van der Waals surface area (Å²) in [6.07, 6.45) is 0. The average molecular weight is 393 g/mol. The van der Waals surface area contributed by atoms with Crippen molar-refractivity contribution in [1.82, 2.24) is 14.8 Å². The van der Waals surface area contributed by atoms with Gasteiger partial charge in [0.05, 0.1) is 5.75 Å². The van der Waals surface area contributed by atoms with Gasteiger partial charge in [-0.1, -0.05) is 29.4 Å². The summed E-state index contributed by atoms with van der Waals surface area (Å²) in [6.45, 7) is 3.94. The van der Waals surface area contributed by atoms with Crippen molar-refractivity contribution in [2.24, 2.45) is 7.05 Å². The molecule has 0 bridgehead atoms. The summed E-state index contributed by atoms with van der Waals surface area (Å²) < 4.78 is 1.91. The number of hydrogen-bond donors (Lipinski definition) is 1. The maximum absolute atomic E-state index is 12.2. The van der Waals surface area contributed by atoms with Crippen LogP contribution in [0.1, 0.15) is 10.4 Å². The minimum atomic E-state index is -0.105. The van der Waals surface area contributed by atoms with Gasteiger partial charge in [-0.15, -0.1) is 21.5 Å². The van der Waals surface area contributed by atoms with E-state index in [1.165, 1.54) is 16.6 Å². The molecule has 2 aromatic heterocycles. The fraction of sp³-hybridized carbons (Fsp3) is 0.235. The van der Waals surface area contributed by atoms with Gasteiger partial charge in [-0.05, 0) is 37.6 Å². The highest BCUT2D eigenvalue weighted by Crippen LogP contribution is 2.27. The Bertz CT molecular complexity index is 919. The lowest BCUT2D eigenvalue weighted by Crippen LogP contribution is -2.15. The van der Waals surface area contributed by atoms with E-state index in [-0.39, 0.29) is 11.7 Å². The summed E-state index contributed by atoms with van der Waals surface area (Å²) in [5.41, 5.74) is 2.63. The molecule has 1 amide bonds. The Morgan fingerprint density at radius 3 is 2.88 bits per heavy atom. The number of nitrogens with one attached hydrogen (secondary N) is 1. The van der Waals surface area contributed by atoms with E-state index in [9.17, 15) is 4.79 Å². The number of halogens is 1. The largest absolute Gasteiger partial charge is 0.325 e. The fourth-order valence-electron chi connectivity index (χ4n) is 2.31. The van der Waals surface area contributed by atoms with Crippen LogP contribution in [0.2, 0.25) is 5.02 Å². The molecule has 1 aromatic carbocycles. The zero-order valence-corrected chi connectivity index (χ0v) is 16.4. The van der Waals surface area contributed by atoms with Crippen LogP contribution in [-0.2, 0) is 11.8 Å². The molecule has 130 valence electrons. The van der Waals surface area contributed by atoms with Crippen LogP contribution in [0.4, 0.5) is 5.69 Å². The molecule has 0 saturated heterocycles. The van der Waals surface area contributed by atoms with Gasteiger partial charge >= 0.3 is 0 Å². The quantitative estimate of drug-likeness (QED) is 0.647. The molecule has 8 heteroatoms. The first kappa shape index (κ1) is 18.0. The number of carbonyl (C=O) groups is 1. The van der Waals surface area contributed by atoms with Gasteiger partial charge in [-0.2, -0.15) is 0 Å². The topological polar surface area (TPSA) is 59.8 Å². The minimum Gasteiger partial charge on any atom is -0.325 e. The molecular formula is C17H17ClN4OS2. The minimum absolute atomic E-state index is 0.105. The standard InChI is InChI=1S/C17H17ClN4OS2/c1-10-7-12(8-24-10)16-20-21-17(22(16)3)25-9-15(23)19-14-6-4-5-13(18)11(14)2/h4-8H,9H2,1-3H3,(H,19,23). The monoisotopic (exact) mass is 392 g/mol. The van der Waals surface area contributed by atoms with E-state index in [0.29, 0.717) is 10.2 Å². The number of thiophene rings is 1. The molecule has 3 aromatic rings. The Morgan fingerprint density at radius 1 is 1.36 bits per heavy atom. The first-order valence-electron chi connectivity index (χ1n) is 7.58. The van der Waals surface area contributed by atoms with Crippen LogP contribution in [0.15, 0.2) is 34.8 Å². The first-order valence-corrected chi connectivity index (χ1v) is 9.82. The Balaban J connectivity index is 1.65. The van der Waals surface area contributed by atoms with Crippen molar-refractivity contribution in [3.63, 3.8) is 0 Å². The summed E-state index contributed by atoms with van der Waals surface area (Å²) in [4.78, 5) is 13.4. The Labute approximate surface area is 159 Å². The molecule has 0 atom stereocenters. The second-order valence-electron chi connectivity index (χ2n) is 5.56. The molecule has 0 aliphatic rings. The van der Waals surface area contributed by atoms with Crippen molar-refractivity contribution >= 4 is 46.3 Å². The average Bonchev–Trinajstić information content (AvgIpc) is 3.16. The van der Waals surface area contributed by atoms with Gasteiger partial charge in [0.2, 0.25) is 5.91 Å². The lowest BCUT2D eigenvalue weighted by molar-refractivity contribution is -0.113. The van der Waals surface area contributed by atoms with Crippen molar-refractivity contribution in [2.45, 2.75) is 19.0 Å².